The Labute approximate surface area is 119 Å². The lowest BCUT2D eigenvalue weighted by Gasteiger charge is -2.08. The smallest absolute Gasteiger partial charge is 0.379 e. The van der Waals surface area contributed by atoms with Gasteiger partial charge < -0.3 is 13.9 Å². The van der Waals surface area contributed by atoms with Crippen LogP contribution in [0.15, 0.2) is 47.2 Å². The molecule has 1 heterocycles. The molecule has 0 saturated carbocycles. The molecule has 1 aromatic heterocycles. The maximum atomic E-state index is 11.8. The number of esters is 1. The predicted molar refractivity (Wildman–Crippen MR) is 72.7 cm³/mol. The minimum Gasteiger partial charge on any atom is -0.493 e. The zero-order chi connectivity index (χ0) is 15.2. The number of hydrogen-bond acceptors (Lipinski definition) is 6. The largest absolute Gasteiger partial charge is 0.493 e. The van der Waals surface area contributed by atoms with Crippen molar-refractivity contribution in [3.05, 3.63) is 64.2 Å². The van der Waals surface area contributed by atoms with Crippen LogP contribution in [0.25, 0.3) is 6.08 Å². The highest BCUT2D eigenvalue weighted by Gasteiger charge is 2.14. The molecule has 0 aliphatic carbocycles. The zero-order valence-corrected chi connectivity index (χ0v) is 11.0. The standard InChI is InChI=1S/C14H11NO6/c1-19-13-9-10(6-7-15(17)18)4-5-11(13)21-14(16)12-3-2-8-20-12/h2-9H,1H3/b7-6-. The van der Waals surface area contributed by atoms with E-state index in [9.17, 15) is 14.9 Å². The van der Waals surface area contributed by atoms with Crippen LogP contribution >= 0.6 is 0 Å². The first-order valence-corrected chi connectivity index (χ1v) is 5.85. The van der Waals surface area contributed by atoms with Gasteiger partial charge in [0.25, 0.3) is 0 Å². The second kappa shape index (κ2) is 6.38. The van der Waals surface area contributed by atoms with Gasteiger partial charge in [-0.25, -0.2) is 4.79 Å². The Bertz CT molecular complexity index is 675. The molecule has 0 aliphatic heterocycles. The van der Waals surface area contributed by atoms with Gasteiger partial charge in [-0.15, -0.1) is 0 Å². The van der Waals surface area contributed by atoms with Gasteiger partial charge in [0, 0.05) is 6.08 Å². The Morgan fingerprint density at radius 1 is 1.33 bits per heavy atom. The second-order valence-corrected chi connectivity index (χ2v) is 3.88. The van der Waals surface area contributed by atoms with Crippen LogP contribution < -0.4 is 9.47 Å². The maximum Gasteiger partial charge on any atom is 0.379 e. The molecule has 0 aliphatic rings. The van der Waals surface area contributed by atoms with E-state index in [-0.39, 0.29) is 17.3 Å². The highest BCUT2D eigenvalue weighted by molar-refractivity contribution is 5.88. The molecule has 0 unspecified atom stereocenters. The second-order valence-electron chi connectivity index (χ2n) is 3.88. The fourth-order valence-electron chi connectivity index (χ4n) is 1.56. The van der Waals surface area contributed by atoms with E-state index >= 15 is 0 Å². The van der Waals surface area contributed by atoms with Gasteiger partial charge in [-0.2, -0.15) is 0 Å². The number of hydrogen-bond donors (Lipinski definition) is 0. The van der Waals surface area contributed by atoms with Crippen molar-refractivity contribution in [2.75, 3.05) is 7.11 Å². The van der Waals surface area contributed by atoms with Crippen LogP contribution in [0, 0.1) is 10.1 Å². The number of furan rings is 1. The first-order chi connectivity index (χ1) is 10.1. The van der Waals surface area contributed by atoms with E-state index in [1.54, 1.807) is 12.1 Å². The summed E-state index contributed by atoms with van der Waals surface area (Å²) >= 11 is 0. The van der Waals surface area contributed by atoms with Crippen molar-refractivity contribution in [2.45, 2.75) is 0 Å². The summed E-state index contributed by atoms with van der Waals surface area (Å²) in [4.78, 5) is 21.5. The van der Waals surface area contributed by atoms with Gasteiger partial charge >= 0.3 is 5.97 Å². The van der Waals surface area contributed by atoms with Gasteiger partial charge in [0.15, 0.2) is 11.5 Å². The van der Waals surface area contributed by atoms with Crippen molar-refractivity contribution in [3.63, 3.8) is 0 Å². The molecule has 0 saturated heterocycles. The van der Waals surface area contributed by atoms with E-state index in [4.69, 9.17) is 13.9 Å². The monoisotopic (exact) mass is 289 g/mol. The molecule has 0 radical (unpaired) electrons. The van der Waals surface area contributed by atoms with Gasteiger partial charge in [-0.05, 0) is 29.8 Å². The fourth-order valence-corrected chi connectivity index (χ4v) is 1.56. The third-order valence-electron chi connectivity index (χ3n) is 2.50. The molecule has 1 aromatic carbocycles. The van der Waals surface area contributed by atoms with Crippen molar-refractivity contribution in [2.24, 2.45) is 0 Å². The summed E-state index contributed by atoms with van der Waals surface area (Å²) in [5.41, 5.74) is 0.543. The molecule has 108 valence electrons. The number of rotatable bonds is 5. The molecule has 7 heteroatoms. The number of carbonyl (C=O) groups excluding carboxylic acids is 1. The lowest BCUT2D eigenvalue weighted by atomic mass is 10.2. The predicted octanol–water partition coefficient (Wildman–Crippen LogP) is 2.75. The van der Waals surface area contributed by atoms with Gasteiger partial charge in [0.05, 0.1) is 18.3 Å². The molecule has 0 amide bonds. The van der Waals surface area contributed by atoms with Crippen LogP contribution in [-0.4, -0.2) is 18.0 Å². The van der Waals surface area contributed by atoms with E-state index < -0.39 is 10.9 Å². The molecule has 0 N–H and O–H groups in total. The fraction of sp³-hybridized carbons (Fsp3) is 0.0714. The number of nitrogens with zero attached hydrogens (tertiary/aromatic N) is 1. The molecular formula is C14H11NO6. The summed E-state index contributed by atoms with van der Waals surface area (Å²) in [7, 11) is 1.40. The third-order valence-corrected chi connectivity index (χ3v) is 2.50. The molecule has 0 fully saturated rings. The maximum absolute atomic E-state index is 11.8. The van der Waals surface area contributed by atoms with Crippen molar-refractivity contribution < 1.29 is 23.6 Å². The minimum atomic E-state index is -0.660. The number of benzene rings is 1. The third kappa shape index (κ3) is 3.69. The highest BCUT2D eigenvalue weighted by Crippen LogP contribution is 2.29. The van der Waals surface area contributed by atoms with Crippen molar-refractivity contribution in [3.8, 4) is 11.5 Å². The Balaban J connectivity index is 2.20. The number of methoxy groups -OCH3 is 1. The van der Waals surface area contributed by atoms with Crippen molar-refractivity contribution >= 4 is 12.0 Å². The normalized spacial score (nSPS) is 10.5. The number of nitro groups is 1. The summed E-state index contributed by atoms with van der Waals surface area (Å²) in [6.45, 7) is 0. The van der Waals surface area contributed by atoms with E-state index in [0.29, 0.717) is 5.56 Å². The Morgan fingerprint density at radius 2 is 2.14 bits per heavy atom. The Kier molecular flexibility index (Phi) is 4.35. The zero-order valence-electron chi connectivity index (χ0n) is 11.0. The van der Waals surface area contributed by atoms with Gasteiger partial charge in [0.2, 0.25) is 12.0 Å². The lowest BCUT2D eigenvalue weighted by Crippen LogP contribution is -2.08. The van der Waals surface area contributed by atoms with E-state index in [1.165, 1.54) is 37.6 Å². The molecular weight excluding hydrogens is 278 g/mol. The average molecular weight is 289 g/mol. The molecule has 0 atom stereocenters. The summed E-state index contributed by atoms with van der Waals surface area (Å²) < 4.78 is 15.2. The number of carbonyl (C=O) groups is 1. The topological polar surface area (TPSA) is 91.8 Å². The van der Waals surface area contributed by atoms with Crippen LogP contribution in [0.4, 0.5) is 0 Å². The summed E-state index contributed by atoms with van der Waals surface area (Å²) in [6, 6.07) is 7.61. The summed E-state index contributed by atoms with van der Waals surface area (Å²) in [5, 5.41) is 10.3. The van der Waals surface area contributed by atoms with Crippen LogP contribution in [-0.2, 0) is 0 Å². The molecule has 7 nitrogen and oxygen atoms in total. The summed E-state index contributed by atoms with van der Waals surface area (Å²) in [6.07, 6.45) is 3.48. The molecule has 0 spiro atoms. The molecule has 2 aromatic rings. The van der Waals surface area contributed by atoms with Gasteiger partial charge in [-0.3, -0.25) is 10.1 Å². The van der Waals surface area contributed by atoms with E-state index in [2.05, 4.69) is 0 Å². The van der Waals surface area contributed by atoms with Gasteiger partial charge in [0.1, 0.15) is 0 Å². The van der Waals surface area contributed by atoms with E-state index in [0.717, 1.165) is 6.20 Å². The highest BCUT2D eigenvalue weighted by atomic mass is 16.6. The first kappa shape index (κ1) is 14.3. The average Bonchev–Trinajstić information content (AvgIpc) is 3.00. The lowest BCUT2D eigenvalue weighted by molar-refractivity contribution is -0.400. The van der Waals surface area contributed by atoms with Crippen molar-refractivity contribution in [1.29, 1.82) is 0 Å². The molecule has 21 heavy (non-hydrogen) atoms. The summed E-state index contributed by atoms with van der Waals surface area (Å²) in [5.74, 6) is -0.126. The van der Waals surface area contributed by atoms with Gasteiger partial charge in [-0.1, -0.05) is 6.07 Å². The van der Waals surface area contributed by atoms with Crippen LogP contribution in [0.3, 0.4) is 0 Å². The van der Waals surface area contributed by atoms with E-state index in [1.807, 2.05) is 0 Å². The Hall–Kier alpha value is -3.09. The molecule has 2 rings (SSSR count). The SMILES string of the molecule is COc1cc(/C=C\[N+](=O)[O-])ccc1OC(=O)c1ccco1. The molecule has 0 bridgehead atoms. The minimum absolute atomic E-state index is 0.0642. The first-order valence-electron chi connectivity index (χ1n) is 5.85. The van der Waals surface area contributed by atoms with Crippen LogP contribution in [0.1, 0.15) is 16.1 Å². The van der Waals surface area contributed by atoms with Crippen LogP contribution in [0.5, 0.6) is 11.5 Å². The number of ether oxygens (including phenoxy) is 2. The Morgan fingerprint density at radius 3 is 2.76 bits per heavy atom. The van der Waals surface area contributed by atoms with Crippen LogP contribution in [0.2, 0.25) is 0 Å². The van der Waals surface area contributed by atoms with Crippen molar-refractivity contribution in [1.82, 2.24) is 0 Å². The quantitative estimate of drug-likeness (QED) is 0.364.